The van der Waals surface area contributed by atoms with E-state index in [9.17, 15) is 23.1 Å². The number of benzene rings is 1. The van der Waals surface area contributed by atoms with Crippen molar-refractivity contribution in [2.24, 2.45) is 5.92 Å². The molecule has 138 valence electrons. The second-order valence-electron chi connectivity index (χ2n) is 6.64. The Morgan fingerprint density at radius 3 is 2.52 bits per heavy atom. The number of fused-ring (bicyclic) bond motifs is 1. The van der Waals surface area contributed by atoms with Gasteiger partial charge in [-0.1, -0.05) is 20.8 Å². The number of nitrogens with one attached hydrogen (secondary N) is 1. The Morgan fingerprint density at radius 2 is 2.00 bits per heavy atom. The summed E-state index contributed by atoms with van der Waals surface area (Å²) in [6.45, 7) is 6.98. The molecule has 2 rings (SSSR count). The highest BCUT2D eigenvalue weighted by atomic mass is 32.2. The SMILES string of the molecule is CCC(=O)N1c2ccc(S(=O)(=O)N[C@@H](C(=O)O)C(C)C)cc2C[C@@H]1C. The molecule has 0 saturated heterocycles. The summed E-state index contributed by atoms with van der Waals surface area (Å²) in [5.74, 6) is -1.61. The minimum Gasteiger partial charge on any atom is -0.480 e. The van der Waals surface area contributed by atoms with Gasteiger partial charge in [0.05, 0.1) is 4.90 Å². The monoisotopic (exact) mass is 368 g/mol. The van der Waals surface area contributed by atoms with Crippen molar-refractivity contribution in [3.05, 3.63) is 23.8 Å². The Hall–Kier alpha value is -1.93. The normalized spacial score (nSPS) is 18.3. The molecular weight excluding hydrogens is 344 g/mol. The lowest BCUT2D eigenvalue weighted by molar-refractivity contribution is -0.140. The first-order valence-corrected chi connectivity index (χ1v) is 9.77. The predicted octanol–water partition coefficient (Wildman–Crippen LogP) is 1.76. The first-order chi connectivity index (χ1) is 11.6. The molecule has 0 unspecified atom stereocenters. The van der Waals surface area contributed by atoms with Crippen molar-refractivity contribution in [1.82, 2.24) is 4.72 Å². The number of amides is 1. The minimum atomic E-state index is -3.97. The lowest BCUT2D eigenvalue weighted by Gasteiger charge is -2.22. The number of rotatable bonds is 6. The smallest absolute Gasteiger partial charge is 0.322 e. The molecule has 0 radical (unpaired) electrons. The third-order valence-electron chi connectivity index (χ3n) is 4.36. The Balaban J connectivity index is 2.35. The number of anilines is 1. The van der Waals surface area contributed by atoms with E-state index in [4.69, 9.17) is 0 Å². The van der Waals surface area contributed by atoms with Gasteiger partial charge < -0.3 is 10.0 Å². The fourth-order valence-corrected chi connectivity index (χ4v) is 4.42. The maximum atomic E-state index is 12.5. The zero-order valence-electron chi connectivity index (χ0n) is 14.8. The van der Waals surface area contributed by atoms with Gasteiger partial charge in [-0.2, -0.15) is 4.72 Å². The third kappa shape index (κ3) is 3.85. The van der Waals surface area contributed by atoms with E-state index in [1.54, 1.807) is 31.7 Å². The molecule has 2 atom stereocenters. The van der Waals surface area contributed by atoms with Crippen molar-refractivity contribution in [2.45, 2.75) is 57.5 Å². The van der Waals surface area contributed by atoms with Crippen molar-refractivity contribution in [2.75, 3.05) is 4.90 Å². The van der Waals surface area contributed by atoms with Crippen LogP contribution in [-0.4, -0.2) is 37.5 Å². The van der Waals surface area contributed by atoms with Gasteiger partial charge in [0.25, 0.3) is 0 Å². The molecule has 1 aliphatic rings. The van der Waals surface area contributed by atoms with Crippen LogP contribution in [0.15, 0.2) is 23.1 Å². The number of aliphatic carboxylic acids is 1. The number of sulfonamides is 1. The number of carbonyl (C=O) groups is 2. The molecule has 8 heteroatoms. The van der Waals surface area contributed by atoms with Gasteiger partial charge in [0.1, 0.15) is 6.04 Å². The Morgan fingerprint density at radius 1 is 1.36 bits per heavy atom. The highest BCUT2D eigenvalue weighted by Gasteiger charge is 2.32. The van der Waals surface area contributed by atoms with Gasteiger partial charge in [0.2, 0.25) is 15.9 Å². The molecule has 2 N–H and O–H groups in total. The third-order valence-corrected chi connectivity index (χ3v) is 5.80. The van der Waals surface area contributed by atoms with E-state index in [2.05, 4.69) is 4.72 Å². The zero-order valence-corrected chi connectivity index (χ0v) is 15.6. The molecule has 25 heavy (non-hydrogen) atoms. The summed E-state index contributed by atoms with van der Waals surface area (Å²) in [7, 11) is -3.97. The van der Waals surface area contributed by atoms with Gasteiger partial charge in [-0.3, -0.25) is 9.59 Å². The van der Waals surface area contributed by atoms with Crippen LogP contribution in [0.25, 0.3) is 0 Å². The van der Waals surface area contributed by atoms with Crippen molar-refractivity contribution in [3.63, 3.8) is 0 Å². The molecule has 1 aliphatic heterocycles. The molecule has 0 fully saturated rings. The van der Waals surface area contributed by atoms with Gasteiger partial charge >= 0.3 is 5.97 Å². The molecule has 0 spiro atoms. The quantitative estimate of drug-likeness (QED) is 0.796. The molecule has 0 saturated carbocycles. The van der Waals surface area contributed by atoms with Crippen LogP contribution in [0, 0.1) is 5.92 Å². The average molecular weight is 368 g/mol. The summed E-state index contributed by atoms with van der Waals surface area (Å²) in [6, 6.07) is 3.32. The van der Waals surface area contributed by atoms with Crippen LogP contribution < -0.4 is 9.62 Å². The van der Waals surface area contributed by atoms with E-state index in [1.165, 1.54) is 12.1 Å². The summed E-state index contributed by atoms with van der Waals surface area (Å²) in [5.41, 5.74) is 1.49. The number of hydrogen-bond donors (Lipinski definition) is 2. The number of carboxylic acid groups (broad SMARTS) is 1. The highest BCUT2D eigenvalue weighted by Crippen LogP contribution is 2.34. The van der Waals surface area contributed by atoms with E-state index in [0.717, 1.165) is 11.3 Å². The Kier molecular flexibility index (Phi) is 5.53. The molecule has 1 aromatic rings. The maximum absolute atomic E-state index is 12.5. The summed E-state index contributed by atoms with van der Waals surface area (Å²) in [6.07, 6.45) is 0.942. The number of hydrogen-bond acceptors (Lipinski definition) is 4. The summed E-state index contributed by atoms with van der Waals surface area (Å²) in [5, 5.41) is 9.20. The van der Waals surface area contributed by atoms with Crippen LogP contribution >= 0.6 is 0 Å². The van der Waals surface area contributed by atoms with E-state index in [0.29, 0.717) is 12.8 Å². The molecule has 1 heterocycles. The largest absolute Gasteiger partial charge is 0.480 e. The lowest BCUT2D eigenvalue weighted by Crippen LogP contribution is -2.44. The van der Waals surface area contributed by atoms with Gasteiger partial charge in [0, 0.05) is 18.2 Å². The minimum absolute atomic E-state index is 0.00858. The van der Waals surface area contributed by atoms with Crippen LogP contribution in [0.5, 0.6) is 0 Å². The fourth-order valence-electron chi connectivity index (χ4n) is 3.03. The molecule has 1 aromatic carbocycles. The predicted molar refractivity (Wildman–Crippen MR) is 94.0 cm³/mol. The van der Waals surface area contributed by atoms with E-state index in [1.807, 2.05) is 6.92 Å². The zero-order chi connectivity index (χ0) is 18.9. The standard InChI is InChI=1S/C17H24N2O5S/c1-5-15(20)19-11(4)8-12-9-13(6-7-14(12)19)25(23,24)18-16(10(2)3)17(21)22/h6-7,9-11,16,18H,5,8H2,1-4H3,(H,21,22)/t11-,16+/m0/s1. The first kappa shape index (κ1) is 19.4. The lowest BCUT2D eigenvalue weighted by atomic mass is 10.1. The number of nitrogens with zero attached hydrogens (tertiary/aromatic N) is 1. The topological polar surface area (TPSA) is 104 Å². The van der Waals surface area contributed by atoms with Crippen LogP contribution in [-0.2, 0) is 26.0 Å². The van der Waals surface area contributed by atoms with Crippen molar-refractivity contribution in [3.8, 4) is 0 Å². The Labute approximate surface area is 148 Å². The van der Waals surface area contributed by atoms with Crippen LogP contribution in [0.2, 0.25) is 0 Å². The molecular formula is C17H24N2O5S. The number of carboxylic acids is 1. The van der Waals surface area contributed by atoms with Gasteiger partial charge in [-0.25, -0.2) is 8.42 Å². The van der Waals surface area contributed by atoms with E-state index >= 15 is 0 Å². The first-order valence-electron chi connectivity index (χ1n) is 8.28. The van der Waals surface area contributed by atoms with Crippen molar-refractivity contribution < 1.29 is 23.1 Å². The van der Waals surface area contributed by atoms with Gasteiger partial charge in [-0.05, 0) is 43.0 Å². The maximum Gasteiger partial charge on any atom is 0.322 e. The number of carbonyl (C=O) groups excluding carboxylic acids is 1. The summed E-state index contributed by atoms with van der Waals surface area (Å²) >= 11 is 0. The van der Waals surface area contributed by atoms with E-state index < -0.39 is 22.0 Å². The van der Waals surface area contributed by atoms with Crippen LogP contribution in [0.4, 0.5) is 5.69 Å². The summed E-state index contributed by atoms with van der Waals surface area (Å²) in [4.78, 5) is 25.1. The second-order valence-corrected chi connectivity index (χ2v) is 8.36. The molecule has 1 amide bonds. The van der Waals surface area contributed by atoms with E-state index in [-0.39, 0.29) is 22.8 Å². The molecule has 0 aliphatic carbocycles. The molecule has 0 aromatic heterocycles. The van der Waals surface area contributed by atoms with Gasteiger partial charge in [0.15, 0.2) is 0 Å². The van der Waals surface area contributed by atoms with Crippen molar-refractivity contribution in [1.29, 1.82) is 0 Å². The van der Waals surface area contributed by atoms with Gasteiger partial charge in [-0.15, -0.1) is 0 Å². The molecule has 7 nitrogen and oxygen atoms in total. The van der Waals surface area contributed by atoms with Crippen LogP contribution in [0.3, 0.4) is 0 Å². The highest BCUT2D eigenvalue weighted by molar-refractivity contribution is 7.89. The summed E-state index contributed by atoms with van der Waals surface area (Å²) < 4.78 is 27.3. The second kappa shape index (κ2) is 7.13. The Bertz CT molecular complexity index is 788. The molecule has 0 bridgehead atoms. The average Bonchev–Trinajstić information content (AvgIpc) is 2.86. The van der Waals surface area contributed by atoms with Crippen molar-refractivity contribution >= 4 is 27.6 Å². The van der Waals surface area contributed by atoms with Crippen LogP contribution in [0.1, 0.15) is 39.7 Å². The fraction of sp³-hybridized carbons (Fsp3) is 0.529.